The normalized spacial score (nSPS) is 15.7. The van der Waals surface area contributed by atoms with Gasteiger partial charge in [-0.25, -0.2) is 4.79 Å². The van der Waals surface area contributed by atoms with Crippen LogP contribution in [0.2, 0.25) is 0 Å². The molecule has 2 N–H and O–H groups in total. The molecule has 0 aliphatic heterocycles. The first kappa shape index (κ1) is 15.4. The highest BCUT2D eigenvalue weighted by Gasteiger charge is 2.30. The fourth-order valence-corrected chi connectivity index (χ4v) is 3.17. The Morgan fingerprint density at radius 2 is 2.20 bits per heavy atom. The molecule has 0 aromatic heterocycles. The van der Waals surface area contributed by atoms with Crippen LogP contribution in [0.25, 0.3) is 0 Å². The Labute approximate surface area is 130 Å². The molecule has 1 atom stereocenters. The van der Waals surface area contributed by atoms with Crippen LogP contribution in [-0.4, -0.2) is 28.8 Å². The van der Waals surface area contributed by atoms with Crippen molar-refractivity contribution in [2.75, 3.05) is 5.75 Å². The number of amides is 1. The number of carbonyl (C=O) groups excluding carboxylic acids is 1. The third kappa shape index (κ3) is 5.17. The van der Waals surface area contributed by atoms with Gasteiger partial charge in [0.1, 0.15) is 6.04 Å². The maximum Gasteiger partial charge on any atom is 0.326 e. The second-order valence-electron chi connectivity index (χ2n) is 4.88. The zero-order chi connectivity index (χ0) is 14.5. The largest absolute Gasteiger partial charge is 0.480 e. The van der Waals surface area contributed by atoms with E-state index >= 15 is 0 Å². The van der Waals surface area contributed by atoms with Crippen LogP contribution in [0.5, 0.6) is 0 Å². The van der Waals surface area contributed by atoms with E-state index < -0.39 is 12.0 Å². The number of carboxylic acids is 1. The minimum absolute atomic E-state index is 0.227. The Hall–Kier alpha value is -1.01. The van der Waals surface area contributed by atoms with Crippen molar-refractivity contribution in [3.63, 3.8) is 0 Å². The van der Waals surface area contributed by atoms with E-state index in [1.165, 1.54) is 11.8 Å². The van der Waals surface area contributed by atoms with Crippen LogP contribution in [0, 0.1) is 5.92 Å². The van der Waals surface area contributed by atoms with Gasteiger partial charge in [0.2, 0.25) is 5.91 Å². The Morgan fingerprint density at radius 3 is 2.80 bits per heavy atom. The quantitative estimate of drug-likeness (QED) is 0.736. The predicted octanol–water partition coefficient (Wildman–Crippen LogP) is 2.91. The first-order valence-corrected chi connectivity index (χ1v) is 8.23. The topological polar surface area (TPSA) is 66.4 Å². The molecule has 1 fully saturated rings. The Bertz CT molecular complexity index is 505. The van der Waals surface area contributed by atoms with Gasteiger partial charge in [-0.15, -0.1) is 11.8 Å². The van der Waals surface area contributed by atoms with Gasteiger partial charge in [0, 0.05) is 9.37 Å². The summed E-state index contributed by atoms with van der Waals surface area (Å²) in [7, 11) is 0. The number of carboxylic acid groups (broad SMARTS) is 1. The number of hydrogen-bond acceptors (Lipinski definition) is 3. The fraction of sp³-hybridized carbons (Fsp3) is 0.429. The lowest BCUT2D eigenvalue weighted by Crippen LogP contribution is -2.41. The van der Waals surface area contributed by atoms with Gasteiger partial charge in [-0.3, -0.25) is 4.79 Å². The van der Waals surface area contributed by atoms with Crippen LogP contribution in [0.3, 0.4) is 0 Å². The Morgan fingerprint density at radius 1 is 1.45 bits per heavy atom. The van der Waals surface area contributed by atoms with Crippen LogP contribution in [0.1, 0.15) is 19.3 Å². The van der Waals surface area contributed by atoms with Gasteiger partial charge in [0.05, 0.1) is 5.75 Å². The summed E-state index contributed by atoms with van der Waals surface area (Å²) in [5.74, 6) is -0.486. The molecule has 0 heterocycles. The summed E-state index contributed by atoms with van der Waals surface area (Å²) in [6.45, 7) is 0. The predicted molar refractivity (Wildman–Crippen MR) is 81.8 cm³/mol. The van der Waals surface area contributed by atoms with E-state index in [1.54, 1.807) is 0 Å². The summed E-state index contributed by atoms with van der Waals surface area (Å²) < 4.78 is 0.958. The van der Waals surface area contributed by atoms with E-state index in [4.69, 9.17) is 5.11 Å². The van der Waals surface area contributed by atoms with Crippen molar-refractivity contribution in [1.29, 1.82) is 0 Å². The molecule has 1 aliphatic rings. The van der Waals surface area contributed by atoms with Crippen molar-refractivity contribution < 1.29 is 14.7 Å². The first-order valence-electron chi connectivity index (χ1n) is 6.45. The third-order valence-corrected chi connectivity index (χ3v) is 4.55. The molecule has 0 radical (unpaired) electrons. The van der Waals surface area contributed by atoms with Crippen molar-refractivity contribution in [3.8, 4) is 0 Å². The number of aliphatic carboxylic acids is 1. The average molecular weight is 358 g/mol. The molecule has 0 saturated heterocycles. The van der Waals surface area contributed by atoms with Crippen molar-refractivity contribution in [2.24, 2.45) is 5.92 Å². The molecule has 20 heavy (non-hydrogen) atoms. The average Bonchev–Trinajstić information content (AvgIpc) is 3.19. The van der Waals surface area contributed by atoms with Crippen LogP contribution < -0.4 is 5.32 Å². The maximum absolute atomic E-state index is 11.8. The van der Waals surface area contributed by atoms with E-state index in [0.29, 0.717) is 12.3 Å². The molecule has 0 spiro atoms. The second kappa shape index (κ2) is 7.13. The van der Waals surface area contributed by atoms with Gasteiger partial charge in [-0.1, -0.05) is 34.8 Å². The molecular formula is C14H16BrNO3S. The first-order chi connectivity index (χ1) is 9.54. The van der Waals surface area contributed by atoms with Gasteiger partial charge >= 0.3 is 5.97 Å². The molecule has 1 saturated carbocycles. The Kier molecular flexibility index (Phi) is 5.48. The number of benzene rings is 1. The lowest BCUT2D eigenvalue weighted by atomic mass is 10.1. The summed E-state index contributed by atoms with van der Waals surface area (Å²) in [6.07, 6.45) is 2.70. The summed E-state index contributed by atoms with van der Waals surface area (Å²) in [6, 6.07) is 6.91. The SMILES string of the molecule is O=C(CSc1cccc(Br)c1)NC(CC1CC1)C(=O)O. The second-order valence-corrected chi connectivity index (χ2v) is 6.85. The lowest BCUT2D eigenvalue weighted by molar-refractivity contribution is -0.141. The molecule has 108 valence electrons. The highest BCUT2D eigenvalue weighted by Crippen LogP contribution is 2.33. The van der Waals surface area contributed by atoms with E-state index in [1.807, 2.05) is 24.3 Å². The molecule has 1 aromatic carbocycles. The number of hydrogen-bond donors (Lipinski definition) is 2. The van der Waals surface area contributed by atoms with E-state index in [9.17, 15) is 9.59 Å². The van der Waals surface area contributed by atoms with Crippen LogP contribution in [0.4, 0.5) is 0 Å². The molecule has 0 bridgehead atoms. The van der Waals surface area contributed by atoms with Gasteiger partial charge in [0.15, 0.2) is 0 Å². The number of halogens is 1. The minimum atomic E-state index is -0.947. The number of rotatable bonds is 7. The molecule has 2 rings (SSSR count). The van der Waals surface area contributed by atoms with Crippen molar-refractivity contribution in [1.82, 2.24) is 5.32 Å². The number of nitrogens with one attached hydrogen (secondary N) is 1. The van der Waals surface area contributed by atoms with Crippen LogP contribution in [-0.2, 0) is 9.59 Å². The van der Waals surface area contributed by atoms with Gasteiger partial charge in [-0.05, 0) is 30.5 Å². The molecule has 4 nitrogen and oxygen atoms in total. The third-order valence-electron chi connectivity index (χ3n) is 3.07. The van der Waals surface area contributed by atoms with Crippen molar-refractivity contribution in [3.05, 3.63) is 28.7 Å². The molecule has 1 aromatic rings. The van der Waals surface area contributed by atoms with Crippen molar-refractivity contribution in [2.45, 2.75) is 30.2 Å². The summed E-state index contributed by atoms with van der Waals surface area (Å²) in [5, 5.41) is 11.7. The molecule has 1 unspecified atom stereocenters. The van der Waals surface area contributed by atoms with Gasteiger partial charge in [-0.2, -0.15) is 0 Å². The standard InChI is InChI=1S/C14H16BrNO3S/c15-10-2-1-3-11(7-10)20-8-13(17)16-12(14(18)19)6-9-4-5-9/h1-3,7,9,12H,4-6,8H2,(H,16,17)(H,18,19). The van der Waals surface area contributed by atoms with E-state index in [-0.39, 0.29) is 11.7 Å². The van der Waals surface area contributed by atoms with Gasteiger partial charge < -0.3 is 10.4 Å². The van der Waals surface area contributed by atoms with E-state index in [2.05, 4.69) is 21.2 Å². The molecule has 1 aliphatic carbocycles. The monoisotopic (exact) mass is 357 g/mol. The zero-order valence-corrected chi connectivity index (χ0v) is 13.2. The summed E-state index contributed by atoms with van der Waals surface area (Å²) in [5.41, 5.74) is 0. The highest BCUT2D eigenvalue weighted by atomic mass is 79.9. The van der Waals surface area contributed by atoms with Crippen LogP contribution >= 0.6 is 27.7 Å². The molecule has 1 amide bonds. The van der Waals surface area contributed by atoms with Gasteiger partial charge in [0.25, 0.3) is 0 Å². The lowest BCUT2D eigenvalue weighted by Gasteiger charge is -2.13. The van der Waals surface area contributed by atoms with Crippen molar-refractivity contribution >= 4 is 39.6 Å². The highest BCUT2D eigenvalue weighted by molar-refractivity contribution is 9.10. The Balaban J connectivity index is 1.80. The molecular weight excluding hydrogens is 342 g/mol. The zero-order valence-electron chi connectivity index (χ0n) is 10.8. The summed E-state index contributed by atoms with van der Waals surface area (Å²) in [4.78, 5) is 23.9. The molecule has 6 heteroatoms. The fourth-order valence-electron chi connectivity index (χ4n) is 1.85. The minimum Gasteiger partial charge on any atom is -0.480 e. The maximum atomic E-state index is 11.8. The smallest absolute Gasteiger partial charge is 0.326 e. The van der Waals surface area contributed by atoms with Crippen LogP contribution in [0.15, 0.2) is 33.6 Å². The summed E-state index contributed by atoms with van der Waals surface area (Å²) >= 11 is 4.77. The van der Waals surface area contributed by atoms with E-state index in [0.717, 1.165) is 22.2 Å². The number of thioether (sulfide) groups is 1. The number of carbonyl (C=O) groups is 2.